The molecular formula is C21H19Cl3N4O2. The summed E-state index contributed by atoms with van der Waals surface area (Å²) < 4.78 is 1.58. The van der Waals surface area contributed by atoms with Gasteiger partial charge in [-0.15, -0.1) is 0 Å². The van der Waals surface area contributed by atoms with E-state index in [-0.39, 0.29) is 11.6 Å². The number of amides is 2. The van der Waals surface area contributed by atoms with Gasteiger partial charge in [0.1, 0.15) is 0 Å². The Balaban J connectivity index is 2.08. The van der Waals surface area contributed by atoms with E-state index < -0.39 is 5.91 Å². The van der Waals surface area contributed by atoms with Gasteiger partial charge < -0.3 is 0 Å². The van der Waals surface area contributed by atoms with Gasteiger partial charge in [-0.3, -0.25) is 20.4 Å². The smallest absolute Gasteiger partial charge is 0.273 e. The minimum Gasteiger partial charge on any atom is -0.273 e. The van der Waals surface area contributed by atoms with Gasteiger partial charge in [-0.25, -0.2) is 4.68 Å². The van der Waals surface area contributed by atoms with Gasteiger partial charge >= 0.3 is 0 Å². The first-order valence-corrected chi connectivity index (χ1v) is 10.3. The molecule has 3 aromatic rings. The largest absolute Gasteiger partial charge is 0.290 e. The maximum absolute atomic E-state index is 12.7. The summed E-state index contributed by atoms with van der Waals surface area (Å²) in [5, 5.41) is 5.93. The molecule has 1 heterocycles. The Morgan fingerprint density at radius 2 is 1.67 bits per heavy atom. The fraction of sp³-hybridized carbons (Fsp3) is 0.190. The summed E-state index contributed by atoms with van der Waals surface area (Å²) in [7, 11) is 0. The van der Waals surface area contributed by atoms with Gasteiger partial charge in [0.25, 0.3) is 5.91 Å². The minimum atomic E-state index is -0.531. The monoisotopic (exact) mass is 464 g/mol. The molecule has 2 aromatic carbocycles. The Bertz CT molecular complexity index is 1090. The SMILES string of the molecule is CCCC(=O)NNC(=O)c1nn(-c2ccc(Cl)cc2Cl)c(-c2ccc(Cl)cc2)c1C. The molecule has 0 atom stereocenters. The Labute approximate surface area is 189 Å². The molecule has 0 fully saturated rings. The number of hydrazine groups is 1. The van der Waals surface area contributed by atoms with E-state index in [1.807, 2.05) is 19.1 Å². The highest BCUT2D eigenvalue weighted by Crippen LogP contribution is 2.33. The van der Waals surface area contributed by atoms with E-state index in [1.54, 1.807) is 41.9 Å². The number of hydrogen-bond acceptors (Lipinski definition) is 3. The molecule has 0 radical (unpaired) electrons. The molecule has 0 aliphatic heterocycles. The van der Waals surface area contributed by atoms with Crippen molar-refractivity contribution in [2.45, 2.75) is 26.7 Å². The predicted molar refractivity (Wildman–Crippen MR) is 119 cm³/mol. The highest BCUT2D eigenvalue weighted by atomic mass is 35.5. The third-order valence-corrected chi connectivity index (χ3v) is 5.18. The Morgan fingerprint density at radius 1 is 1.00 bits per heavy atom. The Kier molecular flexibility index (Phi) is 7.02. The standard InChI is InChI=1S/C21H19Cl3N4O2/c1-3-4-18(29)25-26-21(30)19-12(2)20(13-5-7-14(22)8-6-13)28(27-19)17-10-9-15(23)11-16(17)24/h5-11H,3-4H2,1-2H3,(H,25,29)(H,26,30). The molecule has 156 valence electrons. The average Bonchev–Trinajstić information content (AvgIpc) is 3.04. The molecule has 1 aromatic heterocycles. The zero-order valence-corrected chi connectivity index (χ0v) is 18.6. The topological polar surface area (TPSA) is 76.0 Å². The van der Waals surface area contributed by atoms with Gasteiger partial charge in [0.05, 0.1) is 16.4 Å². The first kappa shape index (κ1) is 22.2. The molecule has 2 N–H and O–H groups in total. The molecule has 0 spiro atoms. The van der Waals surface area contributed by atoms with E-state index in [0.717, 1.165) is 5.56 Å². The van der Waals surface area contributed by atoms with Gasteiger partial charge in [-0.05, 0) is 43.7 Å². The molecule has 0 saturated heterocycles. The van der Waals surface area contributed by atoms with E-state index in [0.29, 0.717) is 44.9 Å². The van der Waals surface area contributed by atoms with E-state index in [4.69, 9.17) is 34.8 Å². The van der Waals surface area contributed by atoms with Crippen molar-refractivity contribution in [1.29, 1.82) is 0 Å². The number of rotatable bonds is 5. The number of nitrogens with one attached hydrogen (secondary N) is 2. The van der Waals surface area contributed by atoms with Crippen molar-refractivity contribution in [2.24, 2.45) is 0 Å². The lowest BCUT2D eigenvalue weighted by molar-refractivity contribution is -0.121. The van der Waals surface area contributed by atoms with Crippen molar-refractivity contribution in [2.75, 3.05) is 0 Å². The molecule has 6 nitrogen and oxygen atoms in total. The molecule has 9 heteroatoms. The minimum absolute atomic E-state index is 0.155. The lowest BCUT2D eigenvalue weighted by atomic mass is 10.1. The van der Waals surface area contributed by atoms with Gasteiger partial charge in [0.15, 0.2) is 5.69 Å². The fourth-order valence-corrected chi connectivity index (χ4v) is 3.58. The molecular weight excluding hydrogens is 447 g/mol. The van der Waals surface area contributed by atoms with Crippen LogP contribution in [0.4, 0.5) is 0 Å². The van der Waals surface area contributed by atoms with E-state index in [2.05, 4.69) is 16.0 Å². The number of nitrogens with zero attached hydrogens (tertiary/aromatic N) is 2. The first-order valence-electron chi connectivity index (χ1n) is 9.22. The number of carbonyl (C=O) groups excluding carboxylic acids is 2. The van der Waals surface area contributed by atoms with Crippen molar-refractivity contribution >= 4 is 46.6 Å². The molecule has 30 heavy (non-hydrogen) atoms. The Hall–Kier alpha value is -2.54. The van der Waals surface area contributed by atoms with Gasteiger partial charge in [0.2, 0.25) is 5.91 Å². The highest BCUT2D eigenvalue weighted by molar-refractivity contribution is 6.35. The summed E-state index contributed by atoms with van der Waals surface area (Å²) in [6, 6.07) is 12.2. The van der Waals surface area contributed by atoms with Crippen LogP contribution in [-0.2, 0) is 4.79 Å². The molecule has 2 amide bonds. The third-order valence-electron chi connectivity index (χ3n) is 4.39. The second-order valence-electron chi connectivity index (χ2n) is 6.59. The van der Waals surface area contributed by atoms with Crippen molar-refractivity contribution < 1.29 is 9.59 Å². The second kappa shape index (κ2) is 9.51. The Morgan fingerprint density at radius 3 is 2.30 bits per heavy atom. The second-order valence-corrected chi connectivity index (χ2v) is 7.87. The summed E-state index contributed by atoms with van der Waals surface area (Å²) >= 11 is 18.5. The number of hydrogen-bond donors (Lipinski definition) is 2. The highest BCUT2D eigenvalue weighted by Gasteiger charge is 2.23. The van der Waals surface area contributed by atoms with Crippen LogP contribution >= 0.6 is 34.8 Å². The van der Waals surface area contributed by atoms with Gasteiger partial charge in [0, 0.05) is 27.6 Å². The zero-order valence-electron chi connectivity index (χ0n) is 16.3. The summed E-state index contributed by atoms with van der Waals surface area (Å²) in [5.41, 5.74) is 7.60. The average molecular weight is 466 g/mol. The van der Waals surface area contributed by atoms with Crippen LogP contribution in [0, 0.1) is 6.92 Å². The number of carbonyl (C=O) groups is 2. The summed E-state index contributed by atoms with van der Waals surface area (Å²) in [5.74, 6) is -0.808. The normalized spacial score (nSPS) is 10.7. The molecule has 0 aliphatic carbocycles. The van der Waals surface area contributed by atoms with E-state index in [9.17, 15) is 9.59 Å². The fourth-order valence-electron chi connectivity index (χ4n) is 2.96. The lowest BCUT2D eigenvalue weighted by Crippen LogP contribution is -2.41. The number of aromatic nitrogens is 2. The first-order chi connectivity index (χ1) is 14.3. The van der Waals surface area contributed by atoms with Crippen LogP contribution in [0.3, 0.4) is 0 Å². The summed E-state index contributed by atoms with van der Waals surface area (Å²) in [6.07, 6.45) is 0.981. The van der Waals surface area contributed by atoms with Gasteiger partial charge in [-0.2, -0.15) is 5.10 Å². The van der Waals surface area contributed by atoms with E-state index in [1.165, 1.54) is 0 Å². The van der Waals surface area contributed by atoms with Gasteiger partial charge in [-0.1, -0.05) is 53.9 Å². The van der Waals surface area contributed by atoms with Crippen LogP contribution in [-0.4, -0.2) is 21.6 Å². The zero-order chi connectivity index (χ0) is 21.8. The van der Waals surface area contributed by atoms with Crippen LogP contribution in [0.5, 0.6) is 0 Å². The molecule has 0 aliphatic rings. The predicted octanol–water partition coefficient (Wildman–Crippen LogP) is 5.37. The van der Waals surface area contributed by atoms with Crippen LogP contribution < -0.4 is 10.9 Å². The lowest BCUT2D eigenvalue weighted by Gasteiger charge is -2.11. The quantitative estimate of drug-likeness (QED) is 0.497. The summed E-state index contributed by atoms with van der Waals surface area (Å²) in [4.78, 5) is 24.4. The van der Waals surface area contributed by atoms with Crippen LogP contribution in [0.2, 0.25) is 15.1 Å². The van der Waals surface area contributed by atoms with Crippen LogP contribution in [0.15, 0.2) is 42.5 Å². The molecule has 0 bridgehead atoms. The van der Waals surface area contributed by atoms with Crippen molar-refractivity contribution in [3.63, 3.8) is 0 Å². The molecule has 0 unspecified atom stereocenters. The number of halogens is 3. The van der Waals surface area contributed by atoms with Crippen molar-refractivity contribution in [3.05, 3.63) is 68.8 Å². The van der Waals surface area contributed by atoms with Crippen molar-refractivity contribution in [1.82, 2.24) is 20.6 Å². The molecule has 3 rings (SSSR count). The summed E-state index contributed by atoms with van der Waals surface area (Å²) in [6.45, 7) is 3.65. The number of benzene rings is 2. The maximum Gasteiger partial charge on any atom is 0.290 e. The van der Waals surface area contributed by atoms with Crippen LogP contribution in [0.1, 0.15) is 35.8 Å². The third kappa shape index (κ3) is 4.78. The van der Waals surface area contributed by atoms with Crippen LogP contribution in [0.25, 0.3) is 16.9 Å². The molecule has 0 saturated carbocycles. The van der Waals surface area contributed by atoms with E-state index >= 15 is 0 Å². The van der Waals surface area contributed by atoms with Crippen molar-refractivity contribution in [3.8, 4) is 16.9 Å². The maximum atomic E-state index is 12.7.